The number of nitrogens with one attached hydrogen (secondary N) is 1. The van der Waals surface area contributed by atoms with E-state index in [-0.39, 0.29) is 11.3 Å². The van der Waals surface area contributed by atoms with Gasteiger partial charge in [0.1, 0.15) is 0 Å². The number of likely N-dealkylation sites (tertiary alicyclic amines) is 1. The van der Waals surface area contributed by atoms with Gasteiger partial charge < -0.3 is 10.2 Å². The number of amides is 1. The fourth-order valence-corrected chi connectivity index (χ4v) is 2.62. The van der Waals surface area contributed by atoms with Crippen LogP contribution in [0.1, 0.15) is 39.2 Å². The molecule has 0 aromatic heterocycles. The second-order valence-corrected chi connectivity index (χ2v) is 6.68. The first-order chi connectivity index (χ1) is 9.47. The van der Waals surface area contributed by atoms with Crippen LogP contribution in [0.2, 0.25) is 0 Å². The lowest BCUT2D eigenvalue weighted by atomic mass is 9.93. The van der Waals surface area contributed by atoms with E-state index in [0.29, 0.717) is 6.04 Å². The molecule has 20 heavy (non-hydrogen) atoms. The van der Waals surface area contributed by atoms with Crippen LogP contribution in [0.15, 0.2) is 30.3 Å². The van der Waals surface area contributed by atoms with Gasteiger partial charge in [0.15, 0.2) is 0 Å². The number of hydrogen-bond acceptors (Lipinski definition) is 2. The van der Waals surface area contributed by atoms with Gasteiger partial charge in [0.25, 0.3) is 0 Å². The Morgan fingerprint density at radius 3 is 2.35 bits per heavy atom. The molecule has 1 aliphatic rings. The molecule has 1 saturated heterocycles. The zero-order valence-corrected chi connectivity index (χ0v) is 12.9. The molecule has 2 rings (SSSR count). The fraction of sp³-hybridized carbons (Fsp3) is 0.588. The highest BCUT2D eigenvalue weighted by Gasteiger charge is 2.30. The largest absolute Gasteiger partial charge is 0.342 e. The van der Waals surface area contributed by atoms with Crippen molar-refractivity contribution in [2.24, 2.45) is 5.41 Å². The van der Waals surface area contributed by atoms with E-state index in [9.17, 15) is 4.79 Å². The fourth-order valence-electron chi connectivity index (χ4n) is 2.62. The van der Waals surface area contributed by atoms with Gasteiger partial charge in [-0.15, -0.1) is 0 Å². The second kappa shape index (κ2) is 6.40. The lowest BCUT2D eigenvalue weighted by Crippen LogP contribution is -2.48. The number of carbonyl (C=O) groups is 1. The average Bonchev–Trinajstić information content (AvgIpc) is 2.45. The van der Waals surface area contributed by atoms with Crippen LogP contribution < -0.4 is 5.32 Å². The molecular formula is C17H26N2O. The van der Waals surface area contributed by atoms with Gasteiger partial charge in [-0.1, -0.05) is 51.1 Å². The maximum absolute atomic E-state index is 12.2. The van der Waals surface area contributed by atoms with Crippen LogP contribution in [0.3, 0.4) is 0 Å². The molecular weight excluding hydrogens is 248 g/mol. The Balaban J connectivity index is 1.76. The summed E-state index contributed by atoms with van der Waals surface area (Å²) in [5.41, 5.74) is 1.06. The second-order valence-electron chi connectivity index (χ2n) is 6.68. The molecule has 3 nitrogen and oxygen atoms in total. The van der Waals surface area contributed by atoms with E-state index in [0.717, 1.165) is 32.5 Å². The molecule has 1 amide bonds. The van der Waals surface area contributed by atoms with E-state index < -0.39 is 0 Å². The third kappa shape index (κ3) is 4.07. The van der Waals surface area contributed by atoms with Gasteiger partial charge in [0.2, 0.25) is 5.91 Å². The number of carbonyl (C=O) groups excluding carboxylic acids is 1. The van der Waals surface area contributed by atoms with Crippen molar-refractivity contribution in [3.8, 4) is 0 Å². The molecule has 0 bridgehead atoms. The molecule has 3 heteroatoms. The van der Waals surface area contributed by atoms with Crippen molar-refractivity contribution in [1.29, 1.82) is 0 Å². The van der Waals surface area contributed by atoms with Crippen molar-refractivity contribution in [2.45, 2.75) is 46.2 Å². The maximum atomic E-state index is 12.2. The molecule has 0 radical (unpaired) electrons. The topological polar surface area (TPSA) is 32.3 Å². The Bertz CT molecular complexity index is 428. The highest BCUT2D eigenvalue weighted by atomic mass is 16.2. The van der Waals surface area contributed by atoms with Gasteiger partial charge in [-0.05, 0) is 18.4 Å². The van der Waals surface area contributed by atoms with Crippen LogP contribution in [0.25, 0.3) is 0 Å². The first-order valence-corrected chi connectivity index (χ1v) is 7.53. The van der Waals surface area contributed by atoms with Gasteiger partial charge in [-0.2, -0.15) is 0 Å². The van der Waals surface area contributed by atoms with Gasteiger partial charge in [0, 0.05) is 31.1 Å². The number of rotatable bonds is 3. The lowest BCUT2D eigenvalue weighted by molar-refractivity contribution is -0.140. The summed E-state index contributed by atoms with van der Waals surface area (Å²) in [4.78, 5) is 14.2. The van der Waals surface area contributed by atoms with E-state index >= 15 is 0 Å². The van der Waals surface area contributed by atoms with Crippen molar-refractivity contribution in [3.63, 3.8) is 0 Å². The molecule has 1 aliphatic heterocycles. The van der Waals surface area contributed by atoms with E-state index in [1.54, 1.807) is 0 Å². The van der Waals surface area contributed by atoms with Crippen LogP contribution >= 0.6 is 0 Å². The molecule has 0 atom stereocenters. The van der Waals surface area contributed by atoms with Gasteiger partial charge in [-0.3, -0.25) is 4.79 Å². The van der Waals surface area contributed by atoms with Crippen molar-refractivity contribution in [3.05, 3.63) is 35.9 Å². The summed E-state index contributed by atoms with van der Waals surface area (Å²) in [6, 6.07) is 11.0. The summed E-state index contributed by atoms with van der Waals surface area (Å²) >= 11 is 0. The maximum Gasteiger partial charge on any atom is 0.227 e. The van der Waals surface area contributed by atoms with E-state index in [4.69, 9.17) is 0 Å². The van der Waals surface area contributed by atoms with Crippen molar-refractivity contribution in [1.82, 2.24) is 10.2 Å². The third-order valence-corrected chi connectivity index (χ3v) is 3.86. The standard InChI is InChI=1S/C17H26N2O/c1-17(2,3)16(20)19-11-9-15(10-12-19)18-13-14-7-5-4-6-8-14/h4-8,15,18H,9-13H2,1-3H3. The minimum atomic E-state index is -0.260. The third-order valence-electron chi connectivity index (χ3n) is 3.86. The SMILES string of the molecule is CC(C)(C)C(=O)N1CCC(NCc2ccccc2)CC1. The molecule has 1 aromatic carbocycles. The molecule has 1 N–H and O–H groups in total. The Kier molecular flexibility index (Phi) is 4.81. The summed E-state index contributed by atoms with van der Waals surface area (Å²) in [6.45, 7) is 8.66. The first kappa shape index (κ1) is 15.0. The summed E-state index contributed by atoms with van der Waals surface area (Å²) in [6.07, 6.45) is 2.10. The minimum absolute atomic E-state index is 0.260. The summed E-state index contributed by atoms with van der Waals surface area (Å²) in [5, 5.41) is 3.60. The minimum Gasteiger partial charge on any atom is -0.342 e. The van der Waals surface area contributed by atoms with Crippen LogP contribution in [-0.2, 0) is 11.3 Å². The monoisotopic (exact) mass is 274 g/mol. The predicted molar refractivity (Wildman–Crippen MR) is 82.3 cm³/mol. The molecule has 0 spiro atoms. The Labute approximate surface area is 122 Å². The van der Waals surface area contributed by atoms with Crippen LogP contribution in [-0.4, -0.2) is 29.9 Å². The van der Waals surface area contributed by atoms with E-state index in [2.05, 4.69) is 29.6 Å². The van der Waals surface area contributed by atoms with Crippen molar-refractivity contribution < 1.29 is 4.79 Å². The summed E-state index contributed by atoms with van der Waals surface area (Å²) in [7, 11) is 0. The Morgan fingerprint density at radius 1 is 1.20 bits per heavy atom. The van der Waals surface area contributed by atoms with Crippen molar-refractivity contribution in [2.75, 3.05) is 13.1 Å². The molecule has 1 heterocycles. The molecule has 0 unspecified atom stereocenters. The number of nitrogens with zero attached hydrogens (tertiary/aromatic N) is 1. The molecule has 110 valence electrons. The summed E-state index contributed by atoms with van der Waals surface area (Å²) in [5.74, 6) is 0.277. The Hall–Kier alpha value is -1.35. The normalized spacial score (nSPS) is 17.2. The highest BCUT2D eigenvalue weighted by molar-refractivity contribution is 5.81. The highest BCUT2D eigenvalue weighted by Crippen LogP contribution is 2.21. The van der Waals surface area contributed by atoms with Crippen LogP contribution in [0.5, 0.6) is 0 Å². The molecule has 0 saturated carbocycles. The van der Waals surface area contributed by atoms with Gasteiger partial charge in [0.05, 0.1) is 0 Å². The number of piperidine rings is 1. The quantitative estimate of drug-likeness (QED) is 0.919. The van der Waals surface area contributed by atoms with Crippen LogP contribution in [0.4, 0.5) is 0 Å². The molecule has 0 aliphatic carbocycles. The Morgan fingerprint density at radius 2 is 1.80 bits per heavy atom. The predicted octanol–water partition coefficient (Wildman–Crippen LogP) is 2.81. The number of benzene rings is 1. The van der Waals surface area contributed by atoms with Crippen molar-refractivity contribution >= 4 is 5.91 Å². The van der Waals surface area contributed by atoms with Gasteiger partial charge in [-0.25, -0.2) is 0 Å². The van der Waals surface area contributed by atoms with Crippen LogP contribution in [0, 0.1) is 5.41 Å². The number of hydrogen-bond donors (Lipinski definition) is 1. The summed E-state index contributed by atoms with van der Waals surface area (Å²) < 4.78 is 0. The molecule has 1 fully saturated rings. The lowest BCUT2D eigenvalue weighted by Gasteiger charge is -2.36. The zero-order chi connectivity index (χ0) is 14.6. The average molecular weight is 274 g/mol. The van der Waals surface area contributed by atoms with E-state index in [1.165, 1.54) is 5.56 Å². The molecule has 1 aromatic rings. The smallest absolute Gasteiger partial charge is 0.227 e. The van der Waals surface area contributed by atoms with Gasteiger partial charge >= 0.3 is 0 Å². The first-order valence-electron chi connectivity index (χ1n) is 7.53. The van der Waals surface area contributed by atoms with E-state index in [1.807, 2.05) is 31.7 Å². The zero-order valence-electron chi connectivity index (χ0n) is 12.9.